The molecule has 0 unspecified atom stereocenters. The zero-order valence-electron chi connectivity index (χ0n) is 14.5. The van der Waals surface area contributed by atoms with E-state index in [1.807, 2.05) is 31.2 Å². The van der Waals surface area contributed by atoms with Crippen molar-refractivity contribution in [3.8, 4) is 22.8 Å². The Balaban J connectivity index is 2.13. The number of pyridine rings is 1. The topological polar surface area (TPSA) is 40.6 Å². The number of aryl methyl sites for hydroxylation is 1. The number of para-hydroxylation sites is 1. The standard InChI is InChI=1S/C20H20FNO3/c1-13-11-17(16-8-7-14(21)12-19(16)24-3)22-20-15(13)5-4-6-18(20)25-10-9-23-2/h4-8,11-12H,9-10H2,1-3H3. The van der Waals surface area contributed by atoms with Gasteiger partial charge in [0.25, 0.3) is 0 Å². The fourth-order valence-corrected chi connectivity index (χ4v) is 2.76. The van der Waals surface area contributed by atoms with Crippen LogP contribution in [-0.2, 0) is 4.74 Å². The van der Waals surface area contributed by atoms with E-state index < -0.39 is 0 Å². The number of rotatable bonds is 6. The first kappa shape index (κ1) is 17.2. The monoisotopic (exact) mass is 341 g/mol. The molecule has 0 aliphatic heterocycles. The molecule has 0 fully saturated rings. The SMILES string of the molecule is COCCOc1cccc2c(C)cc(-c3ccc(F)cc3OC)nc12. The summed E-state index contributed by atoms with van der Waals surface area (Å²) in [5.41, 5.74) is 3.27. The number of benzene rings is 2. The highest BCUT2D eigenvalue weighted by molar-refractivity contribution is 5.90. The summed E-state index contributed by atoms with van der Waals surface area (Å²) in [6, 6.07) is 12.2. The van der Waals surface area contributed by atoms with Gasteiger partial charge in [0.15, 0.2) is 0 Å². The van der Waals surface area contributed by atoms with E-state index in [4.69, 9.17) is 19.2 Å². The number of halogens is 1. The highest BCUT2D eigenvalue weighted by Crippen LogP contribution is 2.34. The van der Waals surface area contributed by atoms with Crippen molar-refractivity contribution in [2.24, 2.45) is 0 Å². The van der Waals surface area contributed by atoms with E-state index in [0.29, 0.717) is 30.4 Å². The minimum absolute atomic E-state index is 0.346. The normalized spacial score (nSPS) is 10.9. The zero-order chi connectivity index (χ0) is 17.8. The maximum atomic E-state index is 13.5. The first-order valence-corrected chi connectivity index (χ1v) is 8.00. The largest absolute Gasteiger partial charge is 0.496 e. The Kier molecular flexibility index (Phi) is 5.14. The van der Waals surface area contributed by atoms with Crippen LogP contribution in [-0.4, -0.2) is 32.4 Å². The number of methoxy groups -OCH3 is 2. The van der Waals surface area contributed by atoms with Crippen LogP contribution in [0.4, 0.5) is 4.39 Å². The van der Waals surface area contributed by atoms with Crippen molar-refractivity contribution in [1.82, 2.24) is 4.98 Å². The van der Waals surface area contributed by atoms with Gasteiger partial charge in [-0.15, -0.1) is 0 Å². The van der Waals surface area contributed by atoms with Gasteiger partial charge in [0.1, 0.15) is 29.4 Å². The maximum Gasteiger partial charge on any atom is 0.145 e. The number of ether oxygens (including phenoxy) is 3. The summed E-state index contributed by atoms with van der Waals surface area (Å²) < 4.78 is 29.6. The van der Waals surface area contributed by atoms with Gasteiger partial charge < -0.3 is 14.2 Å². The summed E-state index contributed by atoms with van der Waals surface area (Å²) in [6.07, 6.45) is 0. The van der Waals surface area contributed by atoms with Gasteiger partial charge >= 0.3 is 0 Å². The first-order valence-electron chi connectivity index (χ1n) is 8.00. The summed E-state index contributed by atoms with van der Waals surface area (Å²) >= 11 is 0. The third-order valence-corrected chi connectivity index (χ3v) is 3.99. The lowest BCUT2D eigenvalue weighted by Gasteiger charge is -2.13. The highest BCUT2D eigenvalue weighted by Gasteiger charge is 2.13. The Morgan fingerprint density at radius 3 is 2.60 bits per heavy atom. The van der Waals surface area contributed by atoms with Crippen molar-refractivity contribution in [2.45, 2.75) is 6.92 Å². The minimum atomic E-state index is -0.346. The quantitative estimate of drug-likeness (QED) is 0.624. The zero-order valence-corrected chi connectivity index (χ0v) is 14.5. The molecule has 0 aliphatic rings. The smallest absolute Gasteiger partial charge is 0.145 e. The molecule has 2 aromatic carbocycles. The molecule has 0 radical (unpaired) electrons. The predicted octanol–water partition coefficient (Wildman–Crippen LogP) is 4.38. The van der Waals surface area contributed by atoms with Crippen molar-refractivity contribution in [2.75, 3.05) is 27.4 Å². The van der Waals surface area contributed by atoms with Crippen LogP contribution >= 0.6 is 0 Å². The number of hydrogen-bond donors (Lipinski definition) is 0. The Bertz CT molecular complexity index is 895. The van der Waals surface area contributed by atoms with Crippen LogP contribution in [0.25, 0.3) is 22.2 Å². The lowest BCUT2D eigenvalue weighted by Crippen LogP contribution is -2.05. The van der Waals surface area contributed by atoms with E-state index in [-0.39, 0.29) is 5.82 Å². The second-order valence-electron chi connectivity index (χ2n) is 5.66. The number of aromatic nitrogens is 1. The fourth-order valence-electron chi connectivity index (χ4n) is 2.76. The van der Waals surface area contributed by atoms with Crippen molar-refractivity contribution >= 4 is 10.9 Å². The van der Waals surface area contributed by atoms with Crippen LogP contribution in [0.3, 0.4) is 0 Å². The molecule has 3 rings (SSSR count). The number of fused-ring (bicyclic) bond motifs is 1. The number of nitrogens with zero attached hydrogens (tertiary/aromatic N) is 1. The second kappa shape index (κ2) is 7.49. The van der Waals surface area contributed by atoms with E-state index >= 15 is 0 Å². The fraction of sp³-hybridized carbons (Fsp3) is 0.250. The molecule has 0 aliphatic carbocycles. The molecule has 5 heteroatoms. The molecule has 1 heterocycles. The average Bonchev–Trinajstić information content (AvgIpc) is 2.62. The Labute approximate surface area is 146 Å². The molecule has 0 spiro atoms. The Morgan fingerprint density at radius 2 is 1.84 bits per heavy atom. The molecular weight excluding hydrogens is 321 g/mol. The van der Waals surface area contributed by atoms with Gasteiger partial charge in [0.05, 0.1) is 19.4 Å². The highest BCUT2D eigenvalue weighted by atomic mass is 19.1. The van der Waals surface area contributed by atoms with Crippen molar-refractivity contribution in [3.63, 3.8) is 0 Å². The molecule has 0 amide bonds. The minimum Gasteiger partial charge on any atom is -0.496 e. The van der Waals surface area contributed by atoms with Crippen molar-refractivity contribution in [1.29, 1.82) is 0 Å². The maximum absolute atomic E-state index is 13.5. The molecule has 0 bridgehead atoms. The van der Waals surface area contributed by atoms with Gasteiger partial charge in [-0.05, 0) is 36.8 Å². The lowest BCUT2D eigenvalue weighted by atomic mass is 10.0. The average molecular weight is 341 g/mol. The van der Waals surface area contributed by atoms with Crippen LogP contribution in [0.5, 0.6) is 11.5 Å². The molecule has 4 nitrogen and oxygen atoms in total. The summed E-state index contributed by atoms with van der Waals surface area (Å²) in [7, 11) is 3.15. The molecule has 0 saturated carbocycles. The van der Waals surface area contributed by atoms with Crippen molar-refractivity contribution < 1.29 is 18.6 Å². The van der Waals surface area contributed by atoms with Crippen LogP contribution < -0.4 is 9.47 Å². The third kappa shape index (κ3) is 3.56. The summed E-state index contributed by atoms with van der Waals surface area (Å²) in [6.45, 7) is 2.96. The van der Waals surface area contributed by atoms with Crippen LogP contribution in [0.15, 0.2) is 42.5 Å². The number of hydrogen-bond acceptors (Lipinski definition) is 4. The predicted molar refractivity (Wildman–Crippen MR) is 95.8 cm³/mol. The molecule has 1 aromatic heterocycles. The van der Waals surface area contributed by atoms with Gasteiger partial charge in [-0.1, -0.05) is 12.1 Å². The summed E-state index contributed by atoms with van der Waals surface area (Å²) in [5.74, 6) is 0.798. The third-order valence-electron chi connectivity index (χ3n) is 3.99. The van der Waals surface area contributed by atoms with Gasteiger partial charge in [0, 0.05) is 24.1 Å². The summed E-state index contributed by atoms with van der Waals surface area (Å²) in [5, 5.41) is 1.01. The van der Waals surface area contributed by atoms with E-state index in [0.717, 1.165) is 22.0 Å². The van der Waals surface area contributed by atoms with Crippen LogP contribution in [0.1, 0.15) is 5.56 Å². The molecule has 25 heavy (non-hydrogen) atoms. The van der Waals surface area contributed by atoms with E-state index in [2.05, 4.69) is 0 Å². The van der Waals surface area contributed by atoms with Crippen LogP contribution in [0.2, 0.25) is 0 Å². The first-order chi connectivity index (χ1) is 12.1. The molecule has 0 saturated heterocycles. The molecular formula is C20H20FNO3. The molecule has 0 atom stereocenters. The van der Waals surface area contributed by atoms with E-state index in [1.54, 1.807) is 13.2 Å². The molecule has 130 valence electrons. The molecule has 0 N–H and O–H groups in total. The van der Waals surface area contributed by atoms with Gasteiger partial charge in [-0.3, -0.25) is 0 Å². The van der Waals surface area contributed by atoms with Crippen LogP contribution in [0, 0.1) is 12.7 Å². The molecule has 3 aromatic rings. The second-order valence-corrected chi connectivity index (χ2v) is 5.66. The Hall–Kier alpha value is -2.66. The van der Waals surface area contributed by atoms with Gasteiger partial charge in [0.2, 0.25) is 0 Å². The van der Waals surface area contributed by atoms with E-state index in [9.17, 15) is 4.39 Å². The Morgan fingerprint density at radius 1 is 1.00 bits per heavy atom. The van der Waals surface area contributed by atoms with Gasteiger partial charge in [-0.2, -0.15) is 0 Å². The summed E-state index contributed by atoms with van der Waals surface area (Å²) in [4.78, 5) is 4.76. The van der Waals surface area contributed by atoms with Crippen molar-refractivity contribution in [3.05, 3.63) is 53.8 Å². The van der Waals surface area contributed by atoms with Gasteiger partial charge in [-0.25, -0.2) is 9.37 Å². The lowest BCUT2D eigenvalue weighted by molar-refractivity contribution is 0.147. The van der Waals surface area contributed by atoms with E-state index in [1.165, 1.54) is 19.2 Å².